The number of benzene rings is 1. The molecule has 1 amide bonds. The van der Waals surface area contributed by atoms with Crippen molar-refractivity contribution in [1.82, 2.24) is 14.9 Å². The monoisotopic (exact) mass is 294 g/mol. The van der Waals surface area contributed by atoms with Crippen molar-refractivity contribution in [3.8, 4) is 0 Å². The van der Waals surface area contributed by atoms with Crippen LogP contribution in [0.3, 0.4) is 0 Å². The van der Waals surface area contributed by atoms with Crippen molar-refractivity contribution in [2.24, 2.45) is 12.8 Å². The maximum Gasteiger partial charge on any atom is 0.219 e. The Morgan fingerprint density at radius 1 is 1.40 bits per heavy atom. The van der Waals surface area contributed by atoms with Crippen LogP contribution in [-0.2, 0) is 18.4 Å². The average Bonchev–Trinajstić information content (AvgIpc) is 2.82. The Labute approximate surface area is 124 Å². The summed E-state index contributed by atoms with van der Waals surface area (Å²) in [5.41, 5.74) is 7.28. The zero-order chi connectivity index (χ0) is 13.7. The first-order valence-corrected chi connectivity index (χ1v) is 6.18. The smallest absolute Gasteiger partial charge is 0.219 e. The summed E-state index contributed by atoms with van der Waals surface area (Å²) >= 11 is 0. The summed E-state index contributed by atoms with van der Waals surface area (Å²) in [6.07, 6.45) is 3.85. The van der Waals surface area contributed by atoms with Gasteiger partial charge in [-0.25, -0.2) is 4.98 Å². The molecule has 1 unspecified atom stereocenters. The SMILES string of the molecule is Cl.Cn1cnc(C(CC(N)=O)NCc2ccccc2)c1. The summed E-state index contributed by atoms with van der Waals surface area (Å²) in [5, 5.41) is 3.32. The number of halogens is 1. The maximum atomic E-state index is 11.1. The Hall–Kier alpha value is -1.85. The van der Waals surface area contributed by atoms with Crippen LogP contribution in [0, 0.1) is 0 Å². The van der Waals surface area contributed by atoms with Crippen LogP contribution in [-0.4, -0.2) is 15.5 Å². The molecule has 0 bridgehead atoms. The van der Waals surface area contributed by atoms with Crippen molar-refractivity contribution in [3.63, 3.8) is 0 Å². The highest BCUT2D eigenvalue weighted by molar-refractivity contribution is 5.85. The Kier molecular flexibility index (Phi) is 6.21. The molecule has 1 aromatic heterocycles. The van der Waals surface area contributed by atoms with E-state index in [2.05, 4.69) is 10.3 Å². The minimum atomic E-state index is -0.337. The van der Waals surface area contributed by atoms with Crippen LogP contribution in [0.5, 0.6) is 0 Å². The highest BCUT2D eigenvalue weighted by Gasteiger charge is 2.16. The number of aromatic nitrogens is 2. The Morgan fingerprint density at radius 2 is 2.10 bits per heavy atom. The van der Waals surface area contributed by atoms with E-state index >= 15 is 0 Å². The van der Waals surface area contributed by atoms with E-state index in [1.165, 1.54) is 0 Å². The van der Waals surface area contributed by atoms with Gasteiger partial charge in [-0.15, -0.1) is 12.4 Å². The summed E-state index contributed by atoms with van der Waals surface area (Å²) in [7, 11) is 1.90. The van der Waals surface area contributed by atoms with E-state index in [1.54, 1.807) is 6.33 Å². The Morgan fingerprint density at radius 3 is 2.65 bits per heavy atom. The number of nitrogens with two attached hydrogens (primary N) is 1. The summed E-state index contributed by atoms with van der Waals surface area (Å²) < 4.78 is 1.85. The van der Waals surface area contributed by atoms with Gasteiger partial charge >= 0.3 is 0 Å². The van der Waals surface area contributed by atoms with E-state index in [1.807, 2.05) is 48.1 Å². The van der Waals surface area contributed by atoms with Gasteiger partial charge < -0.3 is 15.6 Å². The molecular formula is C14H19ClN4O. The predicted molar refractivity (Wildman–Crippen MR) is 80.3 cm³/mol. The number of hydrogen-bond acceptors (Lipinski definition) is 3. The highest BCUT2D eigenvalue weighted by atomic mass is 35.5. The molecule has 6 heteroatoms. The Bertz CT molecular complexity index is 541. The lowest BCUT2D eigenvalue weighted by molar-refractivity contribution is -0.118. The van der Waals surface area contributed by atoms with Gasteiger partial charge in [-0.3, -0.25) is 4.79 Å². The van der Waals surface area contributed by atoms with E-state index in [0.717, 1.165) is 11.3 Å². The van der Waals surface area contributed by atoms with Crippen LogP contribution in [0.15, 0.2) is 42.9 Å². The van der Waals surface area contributed by atoms with E-state index in [9.17, 15) is 4.79 Å². The fraction of sp³-hybridized carbons (Fsp3) is 0.286. The van der Waals surface area contributed by atoms with Gasteiger partial charge in [0.15, 0.2) is 0 Å². The van der Waals surface area contributed by atoms with E-state index in [4.69, 9.17) is 5.73 Å². The van der Waals surface area contributed by atoms with E-state index < -0.39 is 0 Å². The number of amides is 1. The molecule has 108 valence electrons. The number of nitrogens with zero attached hydrogens (tertiary/aromatic N) is 2. The topological polar surface area (TPSA) is 72.9 Å². The van der Waals surface area contributed by atoms with Crippen LogP contribution in [0.4, 0.5) is 0 Å². The molecule has 5 nitrogen and oxygen atoms in total. The first-order chi connectivity index (χ1) is 9.15. The van der Waals surface area contributed by atoms with Crippen molar-refractivity contribution in [2.45, 2.75) is 19.0 Å². The minimum absolute atomic E-state index is 0. The van der Waals surface area contributed by atoms with Gasteiger partial charge in [0.1, 0.15) is 0 Å². The molecule has 1 atom stereocenters. The van der Waals surface area contributed by atoms with Gasteiger partial charge in [-0.2, -0.15) is 0 Å². The number of primary amides is 1. The standard InChI is InChI=1S/C14H18N4O.ClH/c1-18-9-13(17-10-18)12(7-14(15)19)16-8-11-5-3-2-4-6-11;/h2-6,9-10,12,16H,7-8H2,1H3,(H2,15,19);1H. The number of carbonyl (C=O) groups excluding carboxylic acids is 1. The van der Waals surface area contributed by atoms with Gasteiger partial charge in [0.25, 0.3) is 0 Å². The molecule has 0 aliphatic rings. The predicted octanol–water partition coefficient (Wildman–Crippen LogP) is 1.55. The molecule has 0 spiro atoms. The second-order valence-electron chi connectivity index (χ2n) is 4.55. The molecule has 0 aliphatic heterocycles. The van der Waals surface area contributed by atoms with E-state index in [0.29, 0.717) is 6.54 Å². The molecule has 0 fully saturated rings. The molecule has 0 saturated carbocycles. The summed E-state index contributed by atoms with van der Waals surface area (Å²) in [5.74, 6) is -0.337. The van der Waals surface area contributed by atoms with Crippen LogP contribution in [0.25, 0.3) is 0 Å². The number of nitrogens with one attached hydrogen (secondary N) is 1. The number of imidazole rings is 1. The number of hydrogen-bond donors (Lipinski definition) is 2. The van der Waals surface area contributed by atoms with Gasteiger partial charge in [0.2, 0.25) is 5.91 Å². The molecule has 3 N–H and O–H groups in total. The third-order valence-electron chi connectivity index (χ3n) is 2.88. The lowest BCUT2D eigenvalue weighted by Crippen LogP contribution is -2.26. The van der Waals surface area contributed by atoms with Gasteiger partial charge in [0.05, 0.1) is 18.1 Å². The van der Waals surface area contributed by atoms with Crippen LogP contribution < -0.4 is 11.1 Å². The summed E-state index contributed by atoms with van der Waals surface area (Å²) in [6, 6.07) is 9.86. The minimum Gasteiger partial charge on any atom is -0.370 e. The summed E-state index contributed by atoms with van der Waals surface area (Å²) in [6.45, 7) is 0.676. The Balaban J connectivity index is 0.00000200. The van der Waals surface area contributed by atoms with Crippen molar-refractivity contribution in [2.75, 3.05) is 0 Å². The lowest BCUT2D eigenvalue weighted by atomic mass is 10.1. The highest BCUT2D eigenvalue weighted by Crippen LogP contribution is 2.15. The first-order valence-electron chi connectivity index (χ1n) is 6.18. The molecule has 0 aliphatic carbocycles. The quantitative estimate of drug-likeness (QED) is 0.849. The molecule has 2 rings (SSSR count). The molecule has 2 aromatic rings. The van der Waals surface area contributed by atoms with Crippen molar-refractivity contribution in [1.29, 1.82) is 0 Å². The molecule has 20 heavy (non-hydrogen) atoms. The zero-order valence-corrected chi connectivity index (χ0v) is 12.1. The number of rotatable bonds is 6. The number of carbonyl (C=O) groups is 1. The second-order valence-corrected chi connectivity index (χ2v) is 4.55. The fourth-order valence-electron chi connectivity index (χ4n) is 1.93. The average molecular weight is 295 g/mol. The first kappa shape index (κ1) is 16.2. The maximum absolute atomic E-state index is 11.1. The second kappa shape index (κ2) is 7.67. The lowest BCUT2D eigenvalue weighted by Gasteiger charge is -2.15. The van der Waals surface area contributed by atoms with Crippen molar-refractivity contribution in [3.05, 3.63) is 54.1 Å². The van der Waals surface area contributed by atoms with Gasteiger partial charge in [-0.05, 0) is 5.56 Å². The largest absolute Gasteiger partial charge is 0.370 e. The normalized spacial score (nSPS) is 11.7. The molecule has 0 saturated heterocycles. The molecule has 1 aromatic carbocycles. The molecular weight excluding hydrogens is 276 g/mol. The third-order valence-corrected chi connectivity index (χ3v) is 2.88. The van der Waals surface area contributed by atoms with Crippen LogP contribution in [0.2, 0.25) is 0 Å². The molecule has 1 heterocycles. The number of aryl methyl sites for hydroxylation is 1. The van der Waals surface area contributed by atoms with Gasteiger partial charge in [0, 0.05) is 26.2 Å². The summed E-state index contributed by atoms with van der Waals surface area (Å²) in [4.78, 5) is 15.4. The fourth-order valence-corrected chi connectivity index (χ4v) is 1.93. The van der Waals surface area contributed by atoms with Crippen molar-refractivity contribution >= 4 is 18.3 Å². The van der Waals surface area contributed by atoms with E-state index in [-0.39, 0.29) is 30.8 Å². The zero-order valence-electron chi connectivity index (χ0n) is 11.3. The van der Waals surface area contributed by atoms with Crippen LogP contribution >= 0.6 is 12.4 Å². The van der Waals surface area contributed by atoms with Crippen molar-refractivity contribution < 1.29 is 4.79 Å². The molecule has 0 radical (unpaired) electrons. The van der Waals surface area contributed by atoms with Crippen LogP contribution in [0.1, 0.15) is 23.7 Å². The van der Waals surface area contributed by atoms with Gasteiger partial charge in [-0.1, -0.05) is 30.3 Å². The third kappa shape index (κ3) is 4.68.